The Morgan fingerprint density at radius 2 is 2.07 bits per heavy atom. The van der Waals surface area contributed by atoms with Gasteiger partial charge in [-0.25, -0.2) is 4.98 Å². The second kappa shape index (κ2) is 9.07. The van der Waals surface area contributed by atoms with Crippen LogP contribution >= 0.6 is 23.1 Å². The molecule has 0 unspecified atom stereocenters. The molecule has 1 aromatic carbocycles. The molecule has 0 saturated carbocycles. The highest BCUT2D eigenvalue weighted by atomic mass is 32.2. The van der Waals surface area contributed by atoms with Crippen LogP contribution in [0.4, 0.5) is 0 Å². The van der Waals surface area contributed by atoms with Crippen molar-refractivity contribution < 1.29 is 4.74 Å². The van der Waals surface area contributed by atoms with Crippen LogP contribution in [0.3, 0.4) is 0 Å². The summed E-state index contributed by atoms with van der Waals surface area (Å²) < 4.78 is 7.04. The lowest BCUT2D eigenvalue weighted by molar-refractivity contribution is 0.183. The number of aryl methyl sites for hydroxylation is 2. The van der Waals surface area contributed by atoms with E-state index in [9.17, 15) is 4.79 Å². The Kier molecular flexibility index (Phi) is 6.29. The first kappa shape index (κ1) is 19.4. The van der Waals surface area contributed by atoms with Crippen molar-refractivity contribution in [2.45, 2.75) is 37.4 Å². The van der Waals surface area contributed by atoms with Crippen molar-refractivity contribution in [1.29, 1.82) is 0 Å². The molecule has 2 heterocycles. The second-order valence-electron chi connectivity index (χ2n) is 6.86. The summed E-state index contributed by atoms with van der Waals surface area (Å²) in [6.07, 6.45) is 8.68. The molecule has 0 bridgehead atoms. The highest BCUT2D eigenvalue weighted by Gasteiger charge is 2.22. The van der Waals surface area contributed by atoms with Gasteiger partial charge in [0.2, 0.25) is 0 Å². The maximum atomic E-state index is 13.3. The first-order chi connectivity index (χ1) is 13.8. The zero-order valence-corrected chi connectivity index (χ0v) is 17.7. The van der Waals surface area contributed by atoms with Crippen LogP contribution in [0.15, 0.2) is 46.4 Å². The molecule has 0 saturated heterocycles. The number of rotatable bonds is 7. The molecule has 0 aliphatic heterocycles. The fraction of sp³-hybridized carbons (Fsp3) is 0.364. The molecule has 0 atom stereocenters. The van der Waals surface area contributed by atoms with Crippen molar-refractivity contribution in [3.8, 4) is 0 Å². The number of hydrogen-bond acceptors (Lipinski definition) is 5. The number of aromatic nitrogens is 2. The molecule has 0 amide bonds. The molecule has 2 aromatic heterocycles. The summed E-state index contributed by atoms with van der Waals surface area (Å²) in [5, 5.41) is 1.63. The van der Waals surface area contributed by atoms with Gasteiger partial charge in [0, 0.05) is 17.7 Å². The molecular formula is C22H24N2O2S2. The van der Waals surface area contributed by atoms with Gasteiger partial charge >= 0.3 is 0 Å². The molecule has 0 N–H and O–H groups in total. The Bertz CT molecular complexity index is 1040. The van der Waals surface area contributed by atoms with Gasteiger partial charge in [-0.3, -0.25) is 9.36 Å². The van der Waals surface area contributed by atoms with Gasteiger partial charge in [0.25, 0.3) is 5.56 Å². The second-order valence-corrected chi connectivity index (χ2v) is 8.93. The van der Waals surface area contributed by atoms with Crippen LogP contribution in [0.25, 0.3) is 16.3 Å². The van der Waals surface area contributed by atoms with Gasteiger partial charge in [0.1, 0.15) is 4.83 Å². The number of hydrogen-bond donors (Lipinski definition) is 0. The van der Waals surface area contributed by atoms with E-state index in [1.807, 2.05) is 18.2 Å². The molecule has 146 valence electrons. The van der Waals surface area contributed by atoms with E-state index in [1.165, 1.54) is 22.4 Å². The molecule has 4 nitrogen and oxygen atoms in total. The van der Waals surface area contributed by atoms with Crippen LogP contribution in [-0.4, -0.2) is 29.0 Å². The number of ether oxygens (including phenoxy) is 1. The third-order valence-electron chi connectivity index (χ3n) is 4.98. The largest absolute Gasteiger partial charge is 0.383 e. The van der Waals surface area contributed by atoms with E-state index >= 15 is 0 Å². The van der Waals surface area contributed by atoms with Crippen LogP contribution in [0.5, 0.6) is 0 Å². The first-order valence-corrected chi connectivity index (χ1v) is 11.5. The van der Waals surface area contributed by atoms with Gasteiger partial charge in [-0.05, 0) is 36.8 Å². The SMILES string of the molecule is COCCn1c(SC/C=C/c2ccccc2)nc2sc3c(c2c1=O)CCCC3. The van der Waals surface area contributed by atoms with E-state index in [4.69, 9.17) is 9.72 Å². The summed E-state index contributed by atoms with van der Waals surface area (Å²) in [5.41, 5.74) is 2.51. The molecule has 3 aromatic rings. The first-order valence-electron chi connectivity index (χ1n) is 9.66. The number of methoxy groups -OCH3 is 1. The van der Waals surface area contributed by atoms with Crippen LogP contribution in [0.2, 0.25) is 0 Å². The van der Waals surface area contributed by atoms with Crippen molar-refractivity contribution in [1.82, 2.24) is 9.55 Å². The lowest BCUT2D eigenvalue weighted by atomic mass is 9.97. The highest BCUT2D eigenvalue weighted by Crippen LogP contribution is 2.34. The Balaban J connectivity index is 1.64. The smallest absolute Gasteiger partial charge is 0.263 e. The van der Waals surface area contributed by atoms with Crippen molar-refractivity contribution in [3.63, 3.8) is 0 Å². The maximum absolute atomic E-state index is 13.3. The topological polar surface area (TPSA) is 44.1 Å². The van der Waals surface area contributed by atoms with Crippen LogP contribution in [0.1, 0.15) is 28.8 Å². The maximum Gasteiger partial charge on any atom is 0.263 e. The van der Waals surface area contributed by atoms with Gasteiger partial charge in [0.05, 0.1) is 18.5 Å². The fourth-order valence-electron chi connectivity index (χ4n) is 3.58. The van der Waals surface area contributed by atoms with E-state index < -0.39 is 0 Å². The van der Waals surface area contributed by atoms with Crippen LogP contribution < -0.4 is 5.56 Å². The van der Waals surface area contributed by atoms with Crippen molar-refractivity contribution >= 4 is 39.4 Å². The Labute approximate surface area is 173 Å². The minimum absolute atomic E-state index is 0.0935. The average Bonchev–Trinajstić information content (AvgIpc) is 3.10. The van der Waals surface area contributed by atoms with Crippen molar-refractivity contribution in [2.24, 2.45) is 0 Å². The third kappa shape index (κ3) is 4.09. The summed E-state index contributed by atoms with van der Waals surface area (Å²) in [6, 6.07) is 10.2. The van der Waals surface area contributed by atoms with Gasteiger partial charge in [-0.2, -0.15) is 0 Å². The molecule has 0 fully saturated rings. The highest BCUT2D eigenvalue weighted by molar-refractivity contribution is 7.99. The van der Waals surface area contributed by atoms with Gasteiger partial charge in [-0.15, -0.1) is 11.3 Å². The van der Waals surface area contributed by atoms with Crippen molar-refractivity contribution in [2.75, 3.05) is 19.5 Å². The summed E-state index contributed by atoms with van der Waals surface area (Å²) in [6.45, 7) is 1.04. The average molecular weight is 413 g/mol. The Morgan fingerprint density at radius 3 is 2.89 bits per heavy atom. The van der Waals surface area contributed by atoms with E-state index in [0.717, 1.165) is 40.4 Å². The minimum atomic E-state index is 0.0935. The molecule has 1 aliphatic carbocycles. The molecular weight excluding hydrogens is 388 g/mol. The monoisotopic (exact) mass is 412 g/mol. The number of benzene rings is 1. The van der Waals surface area contributed by atoms with Crippen molar-refractivity contribution in [3.05, 3.63) is 62.8 Å². The number of thiophene rings is 1. The van der Waals surface area contributed by atoms with Gasteiger partial charge < -0.3 is 4.74 Å². The summed E-state index contributed by atoms with van der Waals surface area (Å²) in [5.74, 6) is 0.769. The lowest BCUT2D eigenvalue weighted by Crippen LogP contribution is -2.25. The quantitative estimate of drug-likeness (QED) is 0.413. The summed E-state index contributed by atoms with van der Waals surface area (Å²) >= 11 is 3.32. The number of thioether (sulfide) groups is 1. The zero-order valence-electron chi connectivity index (χ0n) is 16.0. The predicted molar refractivity (Wildman–Crippen MR) is 119 cm³/mol. The summed E-state index contributed by atoms with van der Waals surface area (Å²) in [4.78, 5) is 20.4. The van der Waals surface area contributed by atoms with E-state index in [-0.39, 0.29) is 5.56 Å². The summed E-state index contributed by atoms with van der Waals surface area (Å²) in [7, 11) is 1.67. The van der Waals surface area contributed by atoms with E-state index in [2.05, 4.69) is 24.3 Å². The molecule has 4 rings (SSSR count). The zero-order chi connectivity index (χ0) is 19.3. The van der Waals surface area contributed by atoms with Crippen LogP contribution in [-0.2, 0) is 24.1 Å². The van der Waals surface area contributed by atoms with E-state index in [1.54, 1.807) is 34.8 Å². The van der Waals surface area contributed by atoms with Gasteiger partial charge in [0.15, 0.2) is 5.16 Å². The Hall–Kier alpha value is -1.89. The molecule has 0 radical (unpaired) electrons. The Morgan fingerprint density at radius 1 is 1.25 bits per heavy atom. The number of fused-ring (bicyclic) bond motifs is 3. The normalized spacial score (nSPS) is 14.0. The fourth-order valence-corrected chi connectivity index (χ4v) is 5.72. The molecule has 0 spiro atoms. The molecule has 1 aliphatic rings. The third-order valence-corrected chi connectivity index (χ3v) is 7.09. The minimum Gasteiger partial charge on any atom is -0.383 e. The number of nitrogens with zero attached hydrogens (tertiary/aromatic N) is 2. The van der Waals surface area contributed by atoms with E-state index in [0.29, 0.717) is 13.2 Å². The van der Waals surface area contributed by atoms with Gasteiger partial charge in [-0.1, -0.05) is 54.2 Å². The molecule has 6 heteroatoms. The predicted octanol–water partition coefficient (Wildman–Crippen LogP) is 4.79. The standard InChI is InChI=1S/C22H24N2O2S2/c1-26-14-13-24-21(25)19-17-11-5-6-12-18(17)28-20(19)23-22(24)27-15-7-10-16-8-3-2-4-9-16/h2-4,7-10H,5-6,11-15H2,1H3/b10-7+. The lowest BCUT2D eigenvalue weighted by Gasteiger charge is -2.12. The van der Waals surface area contributed by atoms with Crippen LogP contribution in [0, 0.1) is 0 Å². The molecule has 28 heavy (non-hydrogen) atoms.